The van der Waals surface area contributed by atoms with Gasteiger partial charge in [0.25, 0.3) is 16.7 Å². The van der Waals surface area contributed by atoms with E-state index in [0.717, 1.165) is 17.8 Å². The first kappa shape index (κ1) is 21.1. The Bertz CT molecular complexity index is 468. The van der Waals surface area contributed by atoms with Gasteiger partial charge in [-0.05, 0) is 6.42 Å². The molecule has 0 amide bonds. The summed E-state index contributed by atoms with van der Waals surface area (Å²) >= 11 is 17.5. The average molecular weight is 404 g/mol. The fourth-order valence-corrected chi connectivity index (χ4v) is 9.87. The lowest BCUT2D eigenvalue weighted by molar-refractivity contribution is 0.513. The first-order valence-corrected chi connectivity index (χ1v) is 11.6. The highest BCUT2D eigenvalue weighted by atomic mass is 35.6. The average Bonchev–Trinajstić information content (AvgIpc) is 2.32. The fraction of sp³-hybridized carbons (Fsp3) is 0.778. The Hall–Kier alpha value is 1.06. The standard InChI is InChI=1S/C9H18Cl3N2O3PS2/c1-4-7-14(20(16,17)9(10,11)12)18(15,13-6-3)19-8-5-2/h4H,1,5-8H2,2-3H3,(H,13,15). The molecule has 20 heavy (non-hydrogen) atoms. The summed E-state index contributed by atoms with van der Waals surface area (Å²) < 4.78 is 35.6. The molecule has 0 spiro atoms. The normalized spacial score (nSPS) is 16.1. The maximum Gasteiger partial charge on any atom is 0.307 e. The summed E-state index contributed by atoms with van der Waals surface area (Å²) in [4.78, 5) is 0. The number of hydrogen-bond donors (Lipinski definition) is 1. The predicted octanol–water partition coefficient (Wildman–Crippen LogP) is 3.99. The van der Waals surface area contributed by atoms with Gasteiger partial charge in [0.1, 0.15) is 0 Å². The van der Waals surface area contributed by atoms with Gasteiger partial charge in [0.05, 0.1) is 0 Å². The van der Waals surface area contributed by atoms with Gasteiger partial charge < -0.3 is 0 Å². The van der Waals surface area contributed by atoms with E-state index in [4.69, 9.17) is 34.8 Å². The Kier molecular flexibility index (Phi) is 9.09. The third-order valence-corrected chi connectivity index (χ3v) is 11.6. The van der Waals surface area contributed by atoms with E-state index in [1.807, 2.05) is 6.92 Å². The van der Waals surface area contributed by atoms with Crippen molar-refractivity contribution in [1.29, 1.82) is 0 Å². The minimum absolute atomic E-state index is 0.211. The van der Waals surface area contributed by atoms with Crippen molar-refractivity contribution in [3.63, 3.8) is 0 Å². The van der Waals surface area contributed by atoms with Crippen LogP contribution in [-0.2, 0) is 14.6 Å². The molecule has 0 saturated heterocycles. The van der Waals surface area contributed by atoms with Crippen molar-refractivity contribution in [3.8, 4) is 0 Å². The summed E-state index contributed by atoms with van der Waals surface area (Å²) in [6.45, 7) is 3.68. The smallest absolute Gasteiger partial charge is 0.276 e. The van der Waals surface area contributed by atoms with E-state index in [2.05, 4.69) is 11.7 Å². The highest BCUT2D eigenvalue weighted by Gasteiger charge is 2.49. The molecule has 0 aliphatic carbocycles. The molecule has 11 heteroatoms. The molecule has 0 aliphatic rings. The summed E-state index contributed by atoms with van der Waals surface area (Å²) in [6, 6.07) is 0. The molecule has 1 N–H and O–H groups in total. The van der Waals surface area contributed by atoms with Crippen LogP contribution in [0.2, 0.25) is 0 Å². The zero-order valence-corrected chi connectivity index (χ0v) is 16.0. The maximum absolute atomic E-state index is 12.9. The molecule has 120 valence electrons. The number of alkyl halides is 3. The molecular weight excluding hydrogens is 386 g/mol. The molecule has 0 bridgehead atoms. The minimum atomic E-state index is -4.40. The molecule has 5 nitrogen and oxygen atoms in total. The maximum atomic E-state index is 12.9. The molecule has 1 atom stereocenters. The Balaban J connectivity index is 5.73. The van der Waals surface area contributed by atoms with Crippen LogP contribution in [0.5, 0.6) is 0 Å². The van der Waals surface area contributed by atoms with Crippen molar-refractivity contribution in [2.75, 3.05) is 18.8 Å². The number of nitrogens with one attached hydrogen (secondary N) is 1. The van der Waals surface area contributed by atoms with Gasteiger partial charge >= 0.3 is 3.12 Å². The lowest BCUT2D eigenvalue weighted by Crippen LogP contribution is -2.39. The third kappa shape index (κ3) is 5.36. The van der Waals surface area contributed by atoms with Crippen LogP contribution < -0.4 is 5.09 Å². The Morgan fingerprint density at radius 1 is 1.40 bits per heavy atom. The second-order valence-corrected chi connectivity index (χ2v) is 13.6. The van der Waals surface area contributed by atoms with Crippen LogP contribution in [0.4, 0.5) is 0 Å². The molecule has 0 heterocycles. The molecule has 0 aromatic heterocycles. The summed E-state index contributed by atoms with van der Waals surface area (Å²) in [5, 5.41) is 2.70. The van der Waals surface area contributed by atoms with Gasteiger partial charge in [-0.3, -0.25) is 4.57 Å². The summed E-state index contributed by atoms with van der Waals surface area (Å²) in [5.41, 5.74) is 0. The van der Waals surface area contributed by atoms with Crippen molar-refractivity contribution in [3.05, 3.63) is 12.7 Å². The summed E-state index contributed by atoms with van der Waals surface area (Å²) in [5.74, 6) is 0.507. The van der Waals surface area contributed by atoms with Crippen molar-refractivity contribution in [2.24, 2.45) is 0 Å². The monoisotopic (exact) mass is 402 g/mol. The second kappa shape index (κ2) is 8.63. The van der Waals surface area contributed by atoms with Crippen LogP contribution in [0.25, 0.3) is 0 Å². The van der Waals surface area contributed by atoms with Crippen molar-refractivity contribution in [1.82, 2.24) is 9.16 Å². The highest BCUT2D eigenvalue weighted by molar-refractivity contribution is 8.57. The Morgan fingerprint density at radius 2 is 1.95 bits per heavy atom. The van der Waals surface area contributed by atoms with E-state index in [1.54, 1.807) is 6.92 Å². The SMILES string of the molecule is C=CCN(P(=O)(NCC)SCCC)S(=O)(=O)C(Cl)(Cl)Cl. The zero-order valence-electron chi connectivity index (χ0n) is 11.2. The first-order valence-electron chi connectivity index (χ1n) is 5.76. The van der Waals surface area contributed by atoms with E-state index in [0.29, 0.717) is 16.4 Å². The molecule has 0 radical (unpaired) electrons. The molecular formula is C9H18Cl3N2O3PS2. The lowest BCUT2D eigenvalue weighted by Gasteiger charge is -2.31. The molecule has 0 fully saturated rings. The third-order valence-electron chi connectivity index (χ3n) is 1.98. The zero-order chi connectivity index (χ0) is 16.0. The fourth-order valence-electron chi connectivity index (χ4n) is 1.18. The molecule has 0 rings (SSSR count). The number of hydrogen-bond acceptors (Lipinski definition) is 4. The van der Waals surface area contributed by atoms with Crippen LogP contribution in [0.15, 0.2) is 12.7 Å². The largest absolute Gasteiger partial charge is 0.307 e. The van der Waals surface area contributed by atoms with Gasteiger partial charge in [0.15, 0.2) is 0 Å². The van der Waals surface area contributed by atoms with Crippen molar-refractivity contribution >= 4 is 62.9 Å². The van der Waals surface area contributed by atoms with Gasteiger partial charge in [-0.15, -0.1) is 10.7 Å². The van der Waals surface area contributed by atoms with Crippen molar-refractivity contribution in [2.45, 2.75) is 23.4 Å². The van der Waals surface area contributed by atoms with E-state index >= 15 is 0 Å². The quantitative estimate of drug-likeness (QED) is 0.358. The van der Waals surface area contributed by atoms with Gasteiger partial charge in [0.2, 0.25) is 0 Å². The minimum Gasteiger partial charge on any atom is -0.276 e. The van der Waals surface area contributed by atoms with Gasteiger partial charge in [-0.25, -0.2) is 13.5 Å². The predicted molar refractivity (Wildman–Crippen MR) is 90.1 cm³/mol. The summed E-state index contributed by atoms with van der Waals surface area (Å²) in [7, 11) is -4.40. The Labute approximate surface area is 139 Å². The number of halogens is 3. The van der Waals surface area contributed by atoms with Crippen LogP contribution >= 0.6 is 52.8 Å². The second-order valence-electron chi connectivity index (χ2n) is 3.61. The van der Waals surface area contributed by atoms with Gasteiger partial charge in [-0.1, -0.05) is 66.1 Å². The Morgan fingerprint density at radius 3 is 2.30 bits per heavy atom. The molecule has 0 aliphatic heterocycles. The van der Waals surface area contributed by atoms with Crippen molar-refractivity contribution < 1.29 is 13.0 Å². The first-order chi connectivity index (χ1) is 9.06. The van der Waals surface area contributed by atoms with Crippen LogP contribution in [0, 0.1) is 0 Å². The molecule has 1 unspecified atom stereocenters. The van der Waals surface area contributed by atoms with E-state index in [9.17, 15) is 13.0 Å². The van der Waals surface area contributed by atoms with Gasteiger partial charge in [-0.2, -0.15) is 0 Å². The molecule has 0 aromatic carbocycles. The number of rotatable bonds is 9. The molecule has 0 saturated carbocycles. The topological polar surface area (TPSA) is 66.5 Å². The van der Waals surface area contributed by atoms with E-state index in [1.165, 1.54) is 6.08 Å². The highest BCUT2D eigenvalue weighted by Crippen LogP contribution is 2.61. The van der Waals surface area contributed by atoms with Crippen LogP contribution in [-0.4, -0.2) is 34.5 Å². The lowest BCUT2D eigenvalue weighted by atomic mass is 10.6. The van der Waals surface area contributed by atoms with E-state index in [-0.39, 0.29) is 6.54 Å². The van der Waals surface area contributed by atoms with Gasteiger partial charge in [0, 0.05) is 18.8 Å². The summed E-state index contributed by atoms with van der Waals surface area (Å²) in [6.07, 6.45) is 2.03. The number of nitrogens with zero attached hydrogens (tertiary/aromatic N) is 1. The van der Waals surface area contributed by atoms with Crippen LogP contribution in [0.1, 0.15) is 20.3 Å². The van der Waals surface area contributed by atoms with E-state index < -0.39 is 19.8 Å². The molecule has 0 aromatic rings. The number of sulfonamides is 1. The van der Waals surface area contributed by atoms with Crippen LogP contribution in [0.3, 0.4) is 0 Å².